The molecule has 0 bridgehead atoms. The quantitative estimate of drug-likeness (QED) is 0.846. The van der Waals surface area contributed by atoms with Crippen LogP contribution in [0.1, 0.15) is 5.56 Å². The van der Waals surface area contributed by atoms with E-state index >= 15 is 0 Å². The molecule has 0 saturated heterocycles. The summed E-state index contributed by atoms with van der Waals surface area (Å²) < 4.78 is 61.3. The van der Waals surface area contributed by atoms with Gasteiger partial charge < -0.3 is 5.32 Å². The van der Waals surface area contributed by atoms with Crippen LogP contribution in [0.2, 0.25) is 0 Å². The fraction of sp³-hybridized carbons (Fsp3) is 0.300. The molecule has 0 aromatic heterocycles. The van der Waals surface area contributed by atoms with E-state index in [1.54, 1.807) is 17.4 Å². The van der Waals surface area contributed by atoms with Crippen LogP contribution >= 0.6 is 15.9 Å². The first-order valence-corrected chi connectivity index (χ1v) is 5.41. The lowest BCUT2D eigenvalue weighted by Gasteiger charge is -2.18. The Morgan fingerprint density at radius 2 is 1.83 bits per heavy atom. The van der Waals surface area contributed by atoms with E-state index < -0.39 is 24.6 Å². The van der Waals surface area contributed by atoms with E-state index in [0.717, 1.165) is 0 Å². The summed E-state index contributed by atoms with van der Waals surface area (Å²) in [6.45, 7) is -0.413. The molecular formula is C10H7BrF5NO. The van der Waals surface area contributed by atoms with Crippen LogP contribution in [0.4, 0.5) is 22.0 Å². The van der Waals surface area contributed by atoms with Crippen molar-refractivity contribution in [2.24, 2.45) is 0 Å². The molecule has 0 aliphatic rings. The highest BCUT2D eigenvalue weighted by atomic mass is 79.9. The second-order valence-electron chi connectivity index (χ2n) is 3.38. The van der Waals surface area contributed by atoms with Crippen molar-refractivity contribution in [1.82, 2.24) is 5.32 Å². The number of hydrogen-bond donors (Lipinski definition) is 1. The van der Waals surface area contributed by atoms with Gasteiger partial charge in [0.1, 0.15) is 0 Å². The molecule has 100 valence electrons. The molecule has 0 radical (unpaired) electrons. The first-order valence-electron chi connectivity index (χ1n) is 4.62. The highest BCUT2D eigenvalue weighted by molar-refractivity contribution is 9.10. The highest BCUT2D eigenvalue weighted by Gasteiger charge is 2.63. The largest absolute Gasteiger partial charge is 0.463 e. The van der Waals surface area contributed by atoms with Crippen molar-refractivity contribution in [2.75, 3.05) is 0 Å². The van der Waals surface area contributed by atoms with Gasteiger partial charge in [0.2, 0.25) is 0 Å². The summed E-state index contributed by atoms with van der Waals surface area (Å²) in [7, 11) is 0. The second kappa shape index (κ2) is 5.21. The number of carbonyl (C=O) groups excluding carboxylic acids is 1. The summed E-state index contributed by atoms with van der Waals surface area (Å²) in [6.07, 6.45) is -5.89. The van der Waals surface area contributed by atoms with Crippen LogP contribution in [0.3, 0.4) is 0 Å². The smallest absolute Gasteiger partial charge is 0.346 e. The lowest BCUT2D eigenvalue weighted by atomic mass is 10.2. The van der Waals surface area contributed by atoms with Gasteiger partial charge >= 0.3 is 18.0 Å². The molecule has 1 N–H and O–H groups in total. The zero-order chi connectivity index (χ0) is 14.0. The lowest BCUT2D eigenvalue weighted by Crippen LogP contribution is -2.50. The molecule has 0 aliphatic carbocycles. The van der Waals surface area contributed by atoms with Crippen molar-refractivity contribution >= 4 is 21.8 Å². The van der Waals surface area contributed by atoms with Crippen LogP contribution in [0.15, 0.2) is 28.7 Å². The van der Waals surface area contributed by atoms with E-state index in [2.05, 4.69) is 15.9 Å². The normalized spacial score (nSPS) is 12.3. The Bertz CT molecular complexity index is 446. The van der Waals surface area contributed by atoms with Gasteiger partial charge in [0.05, 0.1) is 0 Å². The summed E-state index contributed by atoms with van der Waals surface area (Å²) in [5, 5.41) is 1.54. The number of carbonyl (C=O) groups is 1. The Balaban J connectivity index is 2.67. The fourth-order valence-corrected chi connectivity index (χ4v) is 1.52. The molecule has 0 heterocycles. The van der Waals surface area contributed by atoms with Crippen LogP contribution < -0.4 is 5.32 Å². The van der Waals surface area contributed by atoms with Gasteiger partial charge in [-0.05, 0) is 17.7 Å². The van der Waals surface area contributed by atoms with Gasteiger partial charge in [0.25, 0.3) is 0 Å². The second-order valence-corrected chi connectivity index (χ2v) is 4.30. The van der Waals surface area contributed by atoms with Crippen molar-refractivity contribution in [1.29, 1.82) is 0 Å². The average molecular weight is 332 g/mol. The molecule has 0 aliphatic heterocycles. The van der Waals surface area contributed by atoms with Crippen molar-refractivity contribution in [3.05, 3.63) is 34.3 Å². The maximum Gasteiger partial charge on any atom is 0.463 e. The van der Waals surface area contributed by atoms with Crippen molar-refractivity contribution < 1.29 is 26.7 Å². The van der Waals surface area contributed by atoms with Gasteiger partial charge in [-0.3, -0.25) is 4.79 Å². The maximum atomic E-state index is 12.6. The van der Waals surface area contributed by atoms with Gasteiger partial charge in [-0.2, -0.15) is 22.0 Å². The Labute approximate surface area is 107 Å². The van der Waals surface area contributed by atoms with Gasteiger partial charge in [-0.25, -0.2) is 0 Å². The minimum atomic E-state index is -5.89. The summed E-state index contributed by atoms with van der Waals surface area (Å²) in [6, 6.07) is 6.19. The Morgan fingerprint density at radius 3 is 2.33 bits per heavy atom. The number of alkyl halides is 5. The van der Waals surface area contributed by atoms with E-state index in [4.69, 9.17) is 0 Å². The molecule has 0 fully saturated rings. The maximum absolute atomic E-state index is 12.6. The summed E-state index contributed by atoms with van der Waals surface area (Å²) in [5.74, 6) is -7.76. The molecule has 1 amide bonds. The Hall–Kier alpha value is -1.18. The third kappa shape index (κ3) is 3.41. The zero-order valence-electron chi connectivity index (χ0n) is 8.69. The number of hydrogen-bond acceptors (Lipinski definition) is 1. The zero-order valence-corrected chi connectivity index (χ0v) is 10.3. The molecule has 0 unspecified atom stereocenters. The number of halogens is 6. The molecule has 0 atom stereocenters. The van der Waals surface area contributed by atoms with Gasteiger partial charge in [-0.1, -0.05) is 28.1 Å². The molecule has 2 nitrogen and oxygen atoms in total. The van der Waals surface area contributed by atoms with Gasteiger partial charge in [0.15, 0.2) is 0 Å². The lowest BCUT2D eigenvalue weighted by molar-refractivity contribution is -0.269. The van der Waals surface area contributed by atoms with Crippen molar-refractivity contribution in [3.8, 4) is 0 Å². The molecular weight excluding hydrogens is 325 g/mol. The van der Waals surface area contributed by atoms with Crippen LogP contribution in [0, 0.1) is 0 Å². The molecule has 1 aromatic carbocycles. The topological polar surface area (TPSA) is 29.1 Å². The van der Waals surface area contributed by atoms with Crippen LogP contribution in [0.25, 0.3) is 0 Å². The summed E-state index contributed by atoms with van der Waals surface area (Å²) in [4.78, 5) is 10.8. The van der Waals surface area contributed by atoms with Gasteiger partial charge in [-0.15, -0.1) is 0 Å². The Morgan fingerprint density at radius 1 is 1.22 bits per heavy atom. The van der Waals surface area contributed by atoms with Gasteiger partial charge in [0, 0.05) is 11.0 Å². The molecule has 0 saturated carbocycles. The van der Waals surface area contributed by atoms with E-state index in [0.29, 0.717) is 10.0 Å². The monoisotopic (exact) mass is 331 g/mol. The van der Waals surface area contributed by atoms with E-state index in [9.17, 15) is 26.7 Å². The first-order chi connectivity index (χ1) is 8.14. The molecule has 18 heavy (non-hydrogen) atoms. The minimum Gasteiger partial charge on any atom is -0.346 e. The molecule has 1 rings (SSSR count). The average Bonchev–Trinajstić information content (AvgIpc) is 2.24. The van der Waals surface area contributed by atoms with E-state index in [1.807, 2.05) is 0 Å². The summed E-state index contributed by atoms with van der Waals surface area (Å²) >= 11 is 3.10. The SMILES string of the molecule is O=C(NCc1cccc(Br)c1)C(F)(F)C(F)(F)F. The Kier molecular flexibility index (Phi) is 4.31. The van der Waals surface area contributed by atoms with Crippen LogP contribution in [0.5, 0.6) is 0 Å². The molecule has 1 aromatic rings. The predicted molar refractivity (Wildman–Crippen MR) is 57.0 cm³/mol. The van der Waals surface area contributed by atoms with E-state index in [-0.39, 0.29) is 0 Å². The number of benzene rings is 1. The van der Waals surface area contributed by atoms with Crippen LogP contribution in [-0.2, 0) is 11.3 Å². The standard InChI is InChI=1S/C10H7BrF5NO/c11-7-3-1-2-6(4-7)5-17-8(18)9(12,13)10(14,15)16/h1-4H,5H2,(H,17,18). The highest BCUT2D eigenvalue weighted by Crippen LogP contribution is 2.35. The number of nitrogens with one attached hydrogen (secondary N) is 1. The third-order valence-electron chi connectivity index (χ3n) is 1.98. The number of rotatable bonds is 3. The molecule has 8 heteroatoms. The van der Waals surface area contributed by atoms with Crippen LogP contribution in [-0.4, -0.2) is 18.0 Å². The third-order valence-corrected chi connectivity index (χ3v) is 2.48. The predicted octanol–water partition coefficient (Wildman–Crippen LogP) is 3.26. The number of amides is 1. The minimum absolute atomic E-state index is 0.399. The van der Waals surface area contributed by atoms with Crippen molar-refractivity contribution in [2.45, 2.75) is 18.6 Å². The molecule has 0 spiro atoms. The van der Waals surface area contributed by atoms with E-state index in [1.165, 1.54) is 12.1 Å². The van der Waals surface area contributed by atoms with Crippen molar-refractivity contribution in [3.63, 3.8) is 0 Å². The first kappa shape index (κ1) is 14.9. The summed E-state index contributed by atoms with van der Waals surface area (Å²) in [5.41, 5.74) is 0.399. The fourth-order valence-electron chi connectivity index (χ4n) is 1.07.